The van der Waals surface area contributed by atoms with Gasteiger partial charge in [-0.2, -0.15) is 5.10 Å². The largest absolute Gasteiger partial charge is 0.311 e. The number of rotatable bonds is 2. The van der Waals surface area contributed by atoms with Gasteiger partial charge in [-0.15, -0.1) is 0 Å². The van der Waals surface area contributed by atoms with E-state index in [1.807, 2.05) is 6.20 Å². The zero-order chi connectivity index (χ0) is 15.9. The van der Waals surface area contributed by atoms with Gasteiger partial charge in [-0.1, -0.05) is 12.1 Å². The van der Waals surface area contributed by atoms with E-state index in [4.69, 9.17) is 5.10 Å². The number of hydrogen-bond donors (Lipinski definition) is 1. The van der Waals surface area contributed by atoms with E-state index in [0.29, 0.717) is 0 Å². The monoisotopic (exact) mass is 319 g/mol. The molecule has 2 aliphatic rings. The second-order valence-corrected chi connectivity index (χ2v) is 6.66. The first-order valence-electron chi connectivity index (χ1n) is 8.82. The minimum Gasteiger partial charge on any atom is -0.311 e. The Hall–Kier alpha value is -2.40. The summed E-state index contributed by atoms with van der Waals surface area (Å²) in [7, 11) is 0. The van der Waals surface area contributed by atoms with Crippen LogP contribution in [0.2, 0.25) is 0 Å². The maximum absolute atomic E-state index is 4.83. The van der Waals surface area contributed by atoms with Gasteiger partial charge in [0.05, 0.1) is 11.4 Å². The van der Waals surface area contributed by atoms with E-state index in [1.165, 1.54) is 35.3 Å². The molecule has 0 saturated heterocycles. The molecule has 5 rings (SSSR count). The zero-order valence-electron chi connectivity index (χ0n) is 13.7. The predicted octanol–water partition coefficient (Wildman–Crippen LogP) is 2.72. The van der Waals surface area contributed by atoms with Gasteiger partial charge in [-0.05, 0) is 55.5 Å². The van der Waals surface area contributed by atoms with Crippen LogP contribution in [-0.4, -0.2) is 25.9 Å². The van der Waals surface area contributed by atoms with Gasteiger partial charge in [0.25, 0.3) is 0 Å². The summed E-state index contributed by atoms with van der Waals surface area (Å²) in [6.45, 7) is 2.92. The van der Waals surface area contributed by atoms with Crippen molar-refractivity contribution in [3.63, 3.8) is 0 Å². The summed E-state index contributed by atoms with van der Waals surface area (Å²) in [6.07, 6.45) is 8.67. The first kappa shape index (κ1) is 14.0. The van der Waals surface area contributed by atoms with E-state index < -0.39 is 0 Å². The SMILES string of the molecule is c1cc2c(c(-n3ccnc3-c3cc4n(n3)CCCNC4)c1)CCC2. The summed E-state index contributed by atoms with van der Waals surface area (Å²) < 4.78 is 4.34. The molecule has 0 atom stereocenters. The number of hydrogen-bond acceptors (Lipinski definition) is 3. The average molecular weight is 319 g/mol. The Balaban J connectivity index is 1.60. The summed E-state index contributed by atoms with van der Waals surface area (Å²) in [5, 5.41) is 8.28. The molecule has 0 amide bonds. The number of nitrogens with one attached hydrogen (secondary N) is 1. The average Bonchev–Trinajstić information content (AvgIpc) is 3.31. The fourth-order valence-corrected chi connectivity index (χ4v) is 3.98. The highest BCUT2D eigenvalue weighted by atomic mass is 15.3. The van der Waals surface area contributed by atoms with E-state index in [0.717, 1.165) is 44.0 Å². The Bertz CT molecular complexity index is 866. The number of nitrogens with zero attached hydrogens (tertiary/aromatic N) is 4. The quantitative estimate of drug-likeness (QED) is 0.790. The van der Waals surface area contributed by atoms with Crippen LogP contribution in [-0.2, 0) is 25.9 Å². The van der Waals surface area contributed by atoms with Gasteiger partial charge >= 0.3 is 0 Å². The summed E-state index contributed by atoms with van der Waals surface area (Å²) in [5.74, 6) is 0.941. The molecule has 0 unspecified atom stereocenters. The van der Waals surface area contributed by atoms with Crippen LogP contribution in [0.5, 0.6) is 0 Å². The third-order valence-electron chi connectivity index (χ3n) is 5.14. The molecule has 3 heterocycles. The van der Waals surface area contributed by atoms with Crippen molar-refractivity contribution in [3.8, 4) is 17.2 Å². The molecule has 5 nitrogen and oxygen atoms in total. The standard InChI is InChI=1S/C19H21N5/c1-4-14-5-2-7-18(16(14)6-1)23-11-9-21-19(23)17-12-15-13-20-8-3-10-24(15)22-17/h2,5,7,9,11-12,20H,1,3-4,6,8,10,13H2. The first-order valence-corrected chi connectivity index (χ1v) is 8.82. The molecule has 0 fully saturated rings. The topological polar surface area (TPSA) is 47.7 Å². The van der Waals surface area contributed by atoms with E-state index in [-0.39, 0.29) is 0 Å². The Kier molecular flexibility index (Phi) is 3.26. The Morgan fingerprint density at radius 2 is 2.12 bits per heavy atom. The van der Waals surface area contributed by atoms with Crippen molar-refractivity contribution < 1.29 is 0 Å². The second kappa shape index (κ2) is 5.60. The van der Waals surface area contributed by atoms with E-state index in [9.17, 15) is 0 Å². The summed E-state index contributed by atoms with van der Waals surface area (Å²) in [6, 6.07) is 8.81. The van der Waals surface area contributed by atoms with Gasteiger partial charge in [0.2, 0.25) is 0 Å². The molecule has 1 aliphatic heterocycles. The van der Waals surface area contributed by atoms with Gasteiger partial charge in [-0.3, -0.25) is 9.25 Å². The molecule has 3 aromatic rings. The number of benzene rings is 1. The molecule has 1 aromatic carbocycles. The molecule has 122 valence electrons. The maximum atomic E-state index is 4.83. The first-order chi connectivity index (χ1) is 11.9. The van der Waals surface area contributed by atoms with Crippen LogP contribution in [0, 0.1) is 0 Å². The van der Waals surface area contributed by atoms with Gasteiger partial charge < -0.3 is 5.32 Å². The van der Waals surface area contributed by atoms with Crippen molar-refractivity contribution in [1.82, 2.24) is 24.6 Å². The lowest BCUT2D eigenvalue weighted by atomic mass is 10.1. The number of imidazole rings is 1. The van der Waals surface area contributed by atoms with Crippen LogP contribution < -0.4 is 5.32 Å². The smallest absolute Gasteiger partial charge is 0.165 e. The molecule has 5 heteroatoms. The minimum atomic E-state index is 0.883. The van der Waals surface area contributed by atoms with Gasteiger partial charge in [0.1, 0.15) is 5.69 Å². The van der Waals surface area contributed by atoms with Crippen molar-refractivity contribution >= 4 is 0 Å². The normalized spacial score (nSPS) is 16.7. The zero-order valence-corrected chi connectivity index (χ0v) is 13.7. The second-order valence-electron chi connectivity index (χ2n) is 6.66. The molecular formula is C19H21N5. The van der Waals surface area contributed by atoms with E-state index in [1.54, 1.807) is 0 Å². The van der Waals surface area contributed by atoms with E-state index >= 15 is 0 Å². The van der Waals surface area contributed by atoms with Gasteiger partial charge in [0, 0.05) is 25.5 Å². The predicted molar refractivity (Wildman–Crippen MR) is 93.1 cm³/mol. The number of aryl methyl sites for hydroxylation is 2. The van der Waals surface area contributed by atoms with Crippen molar-refractivity contribution in [3.05, 3.63) is 53.5 Å². The molecule has 1 N–H and O–H groups in total. The van der Waals surface area contributed by atoms with Crippen LogP contribution in [0.15, 0.2) is 36.7 Å². The Morgan fingerprint density at radius 3 is 3.12 bits per heavy atom. The van der Waals surface area contributed by atoms with Crippen LogP contribution in [0.25, 0.3) is 17.2 Å². The summed E-state index contributed by atoms with van der Waals surface area (Å²) >= 11 is 0. The van der Waals surface area contributed by atoms with Crippen molar-refractivity contribution in [2.45, 2.75) is 38.8 Å². The summed E-state index contributed by atoms with van der Waals surface area (Å²) in [4.78, 5) is 4.62. The lowest BCUT2D eigenvalue weighted by Crippen LogP contribution is -2.11. The van der Waals surface area contributed by atoms with Crippen molar-refractivity contribution in [1.29, 1.82) is 0 Å². The van der Waals surface area contributed by atoms with Crippen molar-refractivity contribution in [2.75, 3.05) is 6.54 Å². The molecular weight excluding hydrogens is 298 g/mol. The highest BCUT2D eigenvalue weighted by molar-refractivity contribution is 5.58. The maximum Gasteiger partial charge on any atom is 0.165 e. The Labute approximate surface area is 141 Å². The fourth-order valence-electron chi connectivity index (χ4n) is 3.98. The van der Waals surface area contributed by atoms with Crippen LogP contribution in [0.4, 0.5) is 0 Å². The highest BCUT2D eigenvalue weighted by Gasteiger charge is 2.20. The third kappa shape index (κ3) is 2.19. The van der Waals surface area contributed by atoms with Gasteiger partial charge in [-0.25, -0.2) is 4.98 Å². The molecule has 0 radical (unpaired) electrons. The Morgan fingerprint density at radius 1 is 1.12 bits per heavy atom. The van der Waals surface area contributed by atoms with E-state index in [2.05, 4.69) is 50.0 Å². The highest BCUT2D eigenvalue weighted by Crippen LogP contribution is 2.30. The minimum absolute atomic E-state index is 0.883. The van der Waals surface area contributed by atoms with Crippen LogP contribution in [0.3, 0.4) is 0 Å². The van der Waals surface area contributed by atoms with Crippen LogP contribution >= 0.6 is 0 Å². The van der Waals surface area contributed by atoms with Gasteiger partial charge in [0.15, 0.2) is 5.82 Å². The molecule has 0 bridgehead atoms. The van der Waals surface area contributed by atoms with Crippen LogP contribution in [0.1, 0.15) is 29.7 Å². The number of fused-ring (bicyclic) bond motifs is 2. The lowest BCUT2D eigenvalue weighted by molar-refractivity contribution is 0.588. The molecule has 0 spiro atoms. The van der Waals surface area contributed by atoms with Crippen molar-refractivity contribution in [2.24, 2.45) is 0 Å². The lowest BCUT2D eigenvalue weighted by Gasteiger charge is -2.11. The molecule has 0 saturated carbocycles. The molecule has 2 aromatic heterocycles. The molecule has 1 aliphatic carbocycles. The summed E-state index contributed by atoms with van der Waals surface area (Å²) in [5.41, 5.74) is 6.43. The molecule has 24 heavy (non-hydrogen) atoms. The number of aromatic nitrogens is 4. The third-order valence-corrected chi connectivity index (χ3v) is 5.14. The fraction of sp³-hybridized carbons (Fsp3) is 0.368.